The van der Waals surface area contributed by atoms with Gasteiger partial charge in [0.05, 0.1) is 6.04 Å². The van der Waals surface area contributed by atoms with Gasteiger partial charge in [-0.25, -0.2) is 9.78 Å². The van der Waals surface area contributed by atoms with Gasteiger partial charge in [-0.05, 0) is 37.8 Å². The Morgan fingerprint density at radius 1 is 1.35 bits per heavy atom. The summed E-state index contributed by atoms with van der Waals surface area (Å²) in [6.45, 7) is 3.26. The Bertz CT molecular complexity index is 570. The summed E-state index contributed by atoms with van der Waals surface area (Å²) in [4.78, 5) is 20.0. The van der Waals surface area contributed by atoms with Crippen LogP contribution in [0.15, 0.2) is 12.1 Å². The lowest BCUT2D eigenvalue weighted by molar-refractivity contribution is 0.128. The minimum atomic E-state index is -0.806. The van der Waals surface area contributed by atoms with Crippen molar-refractivity contribution >= 4 is 11.9 Å². The maximum absolute atomic E-state index is 11.2. The summed E-state index contributed by atoms with van der Waals surface area (Å²) in [5.41, 5.74) is 2.50. The second-order valence-corrected chi connectivity index (χ2v) is 6.29. The molecule has 1 amide bonds. The van der Waals surface area contributed by atoms with Crippen molar-refractivity contribution in [1.29, 1.82) is 0 Å². The molecule has 1 aromatic heterocycles. The van der Waals surface area contributed by atoms with Crippen molar-refractivity contribution in [3.63, 3.8) is 0 Å². The molecule has 3 heterocycles. The number of fused-ring (bicyclic) bond motifs is 3. The van der Waals surface area contributed by atoms with Crippen LogP contribution in [-0.2, 0) is 6.42 Å². The average molecular weight is 273 g/mol. The summed E-state index contributed by atoms with van der Waals surface area (Å²) in [7, 11) is 0. The number of rotatable bonds is 1. The van der Waals surface area contributed by atoms with E-state index in [9.17, 15) is 9.90 Å². The summed E-state index contributed by atoms with van der Waals surface area (Å²) >= 11 is 0. The number of piperazine rings is 1. The molecule has 1 saturated carbocycles. The SMILES string of the molecule is C[C@@H]1CN(C(=O)O)C[C@H]2Cc3ccc(C4CC4)nc3N21. The lowest BCUT2D eigenvalue weighted by atomic mass is 10.1. The molecule has 1 aromatic rings. The maximum Gasteiger partial charge on any atom is 0.407 e. The molecule has 2 fully saturated rings. The molecular weight excluding hydrogens is 254 g/mol. The molecule has 1 saturated heterocycles. The third-order valence-electron chi connectivity index (χ3n) is 4.73. The molecule has 2 atom stereocenters. The number of carbonyl (C=O) groups is 1. The largest absolute Gasteiger partial charge is 0.465 e. The van der Waals surface area contributed by atoms with Gasteiger partial charge in [0.1, 0.15) is 5.82 Å². The third-order valence-corrected chi connectivity index (χ3v) is 4.73. The number of anilines is 1. The third kappa shape index (κ3) is 1.76. The summed E-state index contributed by atoms with van der Waals surface area (Å²) < 4.78 is 0. The highest BCUT2D eigenvalue weighted by Crippen LogP contribution is 2.42. The van der Waals surface area contributed by atoms with E-state index in [-0.39, 0.29) is 12.1 Å². The zero-order valence-corrected chi connectivity index (χ0v) is 11.6. The summed E-state index contributed by atoms with van der Waals surface area (Å²) in [5.74, 6) is 1.77. The quantitative estimate of drug-likeness (QED) is 0.851. The number of nitrogens with zero attached hydrogens (tertiary/aromatic N) is 3. The van der Waals surface area contributed by atoms with Gasteiger partial charge in [0.15, 0.2) is 0 Å². The van der Waals surface area contributed by atoms with Crippen LogP contribution in [0.3, 0.4) is 0 Å². The molecule has 20 heavy (non-hydrogen) atoms. The van der Waals surface area contributed by atoms with Crippen LogP contribution in [0.4, 0.5) is 10.6 Å². The minimum Gasteiger partial charge on any atom is -0.465 e. The van der Waals surface area contributed by atoms with Crippen LogP contribution in [0.25, 0.3) is 0 Å². The Labute approximate surface area is 118 Å². The van der Waals surface area contributed by atoms with E-state index in [2.05, 4.69) is 24.0 Å². The molecule has 3 aliphatic rings. The van der Waals surface area contributed by atoms with Gasteiger partial charge in [0.25, 0.3) is 0 Å². The molecule has 0 unspecified atom stereocenters. The molecule has 0 radical (unpaired) electrons. The van der Waals surface area contributed by atoms with Crippen molar-refractivity contribution in [3.8, 4) is 0 Å². The first-order valence-corrected chi connectivity index (χ1v) is 7.39. The summed E-state index contributed by atoms with van der Waals surface area (Å²) in [5, 5.41) is 9.21. The number of aromatic nitrogens is 1. The lowest BCUT2D eigenvalue weighted by Gasteiger charge is -2.42. The van der Waals surface area contributed by atoms with Crippen LogP contribution in [0.2, 0.25) is 0 Å². The fourth-order valence-electron chi connectivity index (χ4n) is 3.62. The highest BCUT2D eigenvalue weighted by molar-refractivity contribution is 5.67. The second-order valence-electron chi connectivity index (χ2n) is 6.29. The van der Waals surface area contributed by atoms with Crippen molar-refractivity contribution in [2.24, 2.45) is 0 Å². The van der Waals surface area contributed by atoms with Crippen molar-refractivity contribution in [3.05, 3.63) is 23.4 Å². The molecule has 0 spiro atoms. The molecule has 1 aliphatic carbocycles. The first-order chi connectivity index (χ1) is 9.63. The van der Waals surface area contributed by atoms with Crippen molar-refractivity contribution in [2.45, 2.75) is 44.2 Å². The van der Waals surface area contributed by atoms with Gasteiger partial charge in [-0.3, -0.25) is 0 Å². The highest BCUT2D eigenvalue weighted by atomic mass is 16.4. The molecule has 4 rings (SSSR count). The van der Waals surface area contributed by atoms with E-state index in [4.69, 9.17) is 4.98 Å². The van der Waals surface area contributed by atoms with Crippen LogP contribution in [0.1, 0.15) is 36.9 Å². The normalized spacial score (nSPS) is 28.2. The Morgan fingerprint density at radius 2 is 2.15 bits per heavy atom. The van der Waals surface area contributed by atoms with Gasteiger partial charge in [-0.1, -0.05) is 6.07 Å². The van der Waals surface area contributed by atoms with E-state index in [1.54, 1.807) is 4.90 Å². The van der Waals surface area contributed by atoms with E-state index < -0.39 is 6.09 Å². The molecule has 2 aliphatic heterocycles. The van der Waals surface area contributed by atoms with Gasteiger partial charge in [0.2, 0.25) is 0 Å². The van der Waals surface area contributed by atoms with E-state index in [1.807, 2.05) is 0 Å². The fraction of sp³-hybridized carbons (Fsp3) is 0.600. The zero-order chi connectivity index (χ0) is 13.9. The van der Waals surface area contributed by atoms with Gasteiger partial charge in [-0.15, -0.1) is 0 Å². The van der Waals surface area contributed by atoms with E-state index in [1.165, 1.54) is 24.1 Å². The smallest absolute Gasteiger partial charge is 0.407 e. The molecule has 5 heteroatoms. The first-order valence-electron chi connectivity index (χ1n) is 7.39. The number of hydrogen-bond donors (Lipinski definition) is 1. The number of amides is 1. The fourth-order valence-corrected chi connectivity index (χ4v) is 3.62. The summed E-state index contributed by atoms with van der Waals surface area (Å²) in [6.07, 6.45) is 2.63. The molecule has 0 bridgehead atoms. The predicted octanol–water partition coefficient (Wildman–Crippen LogP) is 2.07. The predicted molar refractivity (Wildman–Crippen MR) is 75.2 cm³/mol. The topological polar surface area (TPSA) is 56.7 Å². The van der Waals surface area contributed by atoms with E-state index >= 15 is 0 Å². The van der Waals surface area contributed by atoms with Crippen LogP contribution < -0.4 is 4.90 Å². The molecule has 0 aromatic carbocycles. The molecule has 1 N–H and O–H groups in total. The number of carboxylic acid groups (broad SMARTS) is 1. The Kier molecular flexibility index (Phi) is 2.46. The van der Waals surface area contributed by atoms with Crippen molar-refractivity contribution in [1.82, 2.24) is 9.88 Å². The Balaban J connectivity index is 1.66. The monoisotopic (exact) mass is 273 g/mol. The van der Waals surface area contributed by atoms with Crippen LogP contribution in [-0.4, -0.2) is 46.3 Å². The van der Waals surface area contributed by atoms with Crippen molar-refractivity contribution < 1.29 is 9.90 Å². The second kappa shape index (κ2) is 4.11. The van der Waals surface area contributed by atoms with Gasteiger partial charge in [0, 0.05) is 30.7 Å². The number of hydrogen-bond acceptors (Lipinski definition) is 3. The average Bonchev–Trinajstić information content (AvgIpc) is 3.18. The lowest BCUT2D eigenvalue weighted by Crippen LogP contribution is -2.58. The van der Waals surface area contributed by atoms with Crippen LogP contribution in [0.5, 0.6) is 0 Å². The maximum atomic E-state index is 11.2. The Hall–Kier alpha value is -1.78. The van der Waals surface area contributed by atoms with Gasteiger partial charge < -0.3 is 14.9 Å². The highest BCUT2D eigenvalue weighted by Gasteiger charge is 2.41. The van der Waals surface area contributed by atoms with E-state index in [0.29, 0.717) is 19.0 Å². The van der Waals surface area contributed by atoms with Crippen molar-refractivity contribution in [2.75, 3.05) is 18.0 Å². The minimum absolute atomic E-state index is 0.202. The number of pyridine rings is 1. The van der Waals surface area contributed by atoms with E-state index in [0.717, 1.165) is 12.2 Å². The summed E-state index contributed by atoms with van der Waals surface area (Å²) in [6, 6.07) is 4.82. The van der Waals surface area contributed by atoms with Crippen LogP contribution in [0, 0.1) is 0 Å². The molecule has 106 valence electrons. The van der Waals surface area contributed by atoms with Gasteiger partial charge >= 0.3 is 6.09 Å². The Morgan fingerprint density at radius 3 is 2.85 bits per heavy atom. The molecular formula is C15H19N3O2. The first kappa shape index (κ1) is 12.0. The van der Waals surface area contributed by atoms with Gasteiger partial charge in [-0.2, -0.15) is 0 Å². The van der Waals surface area contributed by atoms with Crippen LogP contribution >= 0.6 is 0 Å². The zero-order valence-electron chi connectivity index (χ0n) is 11.6. The standard InChI is InChI=1S/C15H19N3O2/c1-9-7-17(15(19)20)8-12-6-11-4-5-13(10-2-3-10)16-14(11)18(9)12/h4-5,9-10,12H,2-3,6-8H2,1H3,(H,19,20)/t9-,12-/m1/s1. The molecule has 5 nitrogen and oxygen atoms in total.